The van der Waals surface area contributed by atoms with Crippen molar-refractivity contribution < 1.29 is 14.3 Å². The van der Waals surface area contributed by atoms with Gasteiger partial charge in [-0.05, 0) is 49.9 Å². The number of nitrogens with zero attached hydrogens (tertiary/aromatic N) is 3. The van der Waals surface area contributed by atoms with Gasteiger partial charge in [0.1, 0.15) is 0 Å². The minimum Gasteiger partial charge on any atom is -0.377 e. The molecular weight excluding hydrogens is 390 g/mol. The van der Waals surface area contributed by atoms with Gasteiger partial charge >= 0.3 is 0 Å². The molecule has 0 radical (unpaired) electrons. The normalized spacial score (nSPS) is 26.0. The number of amides is 2. The Hall–Kier alpha value is -1.63. The number of hydrogen-bond acceptors (Lipinski definition) is 4. The van der Waals surface area contributed by atoms with Crippen molar-refractivity contribution in [1.29, 1.82) is 0 Å². The van der Waals surface area contributed by atoms with Crippen LogP contribution in [0.15, 0.2) is 24.3 Å². The summed E-state index contributed by atoms with van der Waals surface area (Å²) in [5.74, 6) is 0.0978. The van der Waals surface area contributed by atoms with Crippen molar-refractivity contribution in [2.75, 3.05) is 52.4 Å². The number of rotatable bonds is 4. The first-order valence-corrected chi connectivity index (χ1v) is 11.2. The molecular formula is C22H30ClN3O3. The zero-order chi connectivity index (χ0) is 20.2. The average Bonchev–Trinajstić information content (AvgIpc) is 3.27. The monoisotopic (exact) mass is 419 g/mol. The van der Waals surface area contributed by atoms with Crippen LogP contribution in [-0.4, -0.2) is 85.0 Å². The molecule has 3 saturated heterocycles. The molecule has 7 heteroatoms. The summed E-state index contributed by atoms with van der Waals surface area (Å²) < 4.78 is 5.74. The largest absolute Gasteiger partial charge is 0.377 e. The third kappa shape index (κ3) is 5.11. The summed E-state index contributed by atoms with van der Waals surface area (Å²) in [5.41, 5.74) is 0.630. The molecule has 0 spiro atoms. The van der Waals surface area contributed by atoms with Gasteiger partial charge in [-0.2, -0.15) is 0 Å². The number of carbonyl (C=O) groups excluding carboxylic acids is 2. The highest BCUT2D eigenvalue weighted by atomic mass is 35.5. The Labute approximate surface area is 177 Å². The Bertz CT molecular complexity index is 713. The predicted molar refractivity (Wildman–Crippen MR) is 112 cm³/mol. The van der Waals surface area contributed by atoms with Crippen molar-refractivity contribution in [3.8, 4) is 0 Å². The number of likely N-dealkylation sites (tertiary alicyclic amines) is 1. The van der Waals surface area contributed by atoms with Crippen molar-refractivity contribution >= 4 is 23.4 Å². The molecule has 2 amide bonds. The molecule has 2 atom stereocenters. The highest BCUT2D eigenvalue weighted by Gasteiger charge is 2.33. The molecule has 0 aromatic heterocycles. The quantitative estimate of drug-likeness (QED) is 0.752. The van der Waals surface area contributed by atoms with Gasteiger partial charge in [0, 0.05) is 63.0 Å². The summed E-state index contributed by atoms with van der Waals surface area (Å²) in [4.78, 5) is 32.1. The molecule has 0 aliphatic carbocycles. The Balaban J connectivity index is 1.28. The molecule has 3 aliphatic rings. The second-order valence-corrected chi connectivity index (χ2v) is 8.79. The van der Waals surface area contributed by atoms with Gasteiger partial charge in [0.05, 0.1) is 12.0 Å². The fourth-order valence-electron chi connectivity index (χ4n) is 4.62. The predicted octanol–water partition coefficient (Wildman–Crippen LogP) is 2.52. The molecule has 0 saturated carbocycles. The maximum absolute atomic E-state index is 13.1. The lowest BCUT2D eigenvalue weighted by atomic mass is 9.95. The smallest absolute Gasteiger partial charge is 0.253 e. The lowest BCUT2D eigenvalue weighted by Crippen LogP contribution is -2.53. The summed E-state index contributed by atoms with van der Waals surface area (Å²) in [7, 11) is 0. The van der Waals surface area contributed by atoms with Crippen molar-refractivity contribution in [1.82, 2.24) is 14.7 Å². The minimum absolute atomic E-state index is 0.0134. The molecule has 6 nitrogen and oxygen atoms in total. The molecule has 158 valence electrons. The lowest BCUT2D eigenvalue weighted by Gasteiger charge is -2.39. The average molecular weight is 420 g/mol. The van der Waals surface area contributed by atoms with E-state index in [9.17, 15) is 9.59 Å². The topological polar surface area (TPSA) is 53.1 Å². The first-order chi connectivity index (χ1) is 14.1. The second kappa shape index (κ2) is 9.45. The number of ether oxygens (including phenoxy) is 1. The van der Waals surface area contributed by atoms with Crippen LogP contribution >= 0.6 is 11.6 Å². The third-order valence-electron chi connectivity index (χ3n) is 6.32. The van der Waals surface area contributed by atoms with E-state index in [2.05, 4.69) is 4.90 Å². The van der Waals surface area contributed by atoms with E-state index in [0.717, 1.165) is 65.0 Å². The molecule has 3 heterocycles. The fourth-order valence-corrected chi connectivity index (χ4v) is 4.75. The lowest BCUT2D eigenvalue weighted by molar-refractivity contribution is -0.138. The highest BCUT2D eigenvalue weighted by Crippen LogP contribution is 2.22. The van der Waals surface area contributed by atoms with Crippen LogP contribution in [0.4, 0.5) is 0 Å². The Morgan fingerprint density at radius 1 is 0.966 bits per heavy atom. The molecule has 1 aromatic carbocycles. The maximum Gasteiger partial charge on any atom is 0.253 e. The van der Waals surface area contributed by atoms with Crippen LogP contribution in [0.3, 0.4) is 0 Å². The van der Waals surface area contributed by atoms with E-state index in [1.165, 1.54) is 0 Å². The zero-order valence-corrected chi connectivity index (χ0v) is 17.6. The SMILES string of the molecule is O=C(c1ccc(Cl)cc1)N1CCCC(C(=O)N2CCN(CC3CCCO3)CC2)C1. The number of carbonyl (C=O) groups is 2. The minimum atomic E-state index is -0.0929. The standard InChI is InChI=1S/C22H30ClN3O3/c23-19-7-5-17(6-8-19)21(27)26-9-1-3-18(15-26)22(28)25-12-10-24(11-13-25)16-20-4-2-14-29-20/h5-8,18,20H,1-4,9-16H2. The summed E-state index contributed by atoms with van der Waals surface area (Å²) in [6.45, 7) is 6.44. The van der Waals surface area contributed by atoms with Crippen LogP contribution in [0.5, 0.6) is 0 Å². The van der Waals surface area contributed by atoms with Gasteiger partial charge in [0.15, 0.2) is 0 Å². The number of benzene rings is 1. The van der Waals surface area contributed by atoms with E-state index in [4.69, 9.17) is 16.3 Å². The molecule has 3 fully saturated rings. The summed E-state index contributed by atoms with van der Waals surface area (Å²) in [5, 5.41) is 0.617. The molecule has 1 aromatic rings. The van der Waals surface area contributed by atoms with Gasteiger partial charge in [0.2, 0.25) is 5.91 Å². The maximum atomic E-state index is 13.1. The van der Waals surface area contributed by atoms with E-state index >= 15 is 0 Å². The van der Waals surface area contributed by atoms with Gasteiger partial charge in [-0.15, -0.1) is 0 Å². The van der Waals surface area contributed by atoms with Crippen LogP contribution in [0.25, 0.3) is 0 Å². The van der Waals surface area contributed by atoms with Gasteiger partial charge in [0.25, 0.3) is 5.91 Å². The van der Waals surface area contributed by atoms with Gasteiger partial charge in [-0.1, -0.05) is 11.6 Å². The first kappa shape index (κ1) is 20.6. The van der Waals surface area contributed by atoms with Crippen molar-refractivity contribution in [3.63, 3.8) is 0 Å². The third-order valence-corrected chi connectivity index (χ3v) is 6.57. The summed E-state index contributed by atoms with van der Waals surface area (Å²) >= 11 is 5.92. The van der Waals surface area contributed by atoms with E-state index in [1.54, 1.807) is 24.3 Å². The zero-order valence-electron chi connectivity index (χ0n) is 16.9. The number of piperidine rings is 1. The van der Waals surface area contributed by atoms with Crippen LogP contribution in [-0.2, 0) is 9.53 Å². The Morgan fingerprint density at radius 2 is 1.72 bits per heavy atom. The van der Waals surface area contributed by atoms with E-state index < -0.39 is 0 Å². The Kier molecular flexibility index (Phi) is 6.73. The van der Waals surface area contributed by atoms with Crippen LogP contribution in [0, 0.1) is 5.92 Å². The molecule has 2 unspecified atom stereocenters. The van der Waals surface area contributed by atoms with Crippen molar-refractivity contribution in [2.45, 2.75) is 31.8 Å². The van der Waals surface area contributed by atoms with E-state index in [-0.39, 0.29) is 17.7 Å². The van der Waals surface area contributed by atoms with Gasteiger partial charge < -0.3 is 14.5 Å². The van der Waals surface area contributed by atoms with Gasteiger partial charge in [-0.25, -0.2) is 0 Å². The fraction of sp³-hybridized carbons (Fsp3) is 0.636. The molecule has 4 rings (SSSR count). The van der Waals surface area contributed by atoms with E-state index in [1.807, 2.05) is 9.80 Å². The van der Waals surface area contributed by atoms with E-state index in [0.29, 0.717) is 29.8 Å². The van der Waals surface area contributed by atoms with Gasteiger partial charge in [-0.3, -0.25) is 14.5 Å². The molecule has 0 N–H and O–H groups in total. The second-order valence-electron chi connectivity index (χ2n) is 8.36. The van der Waals surface area contributed by atoms with Crippen LogP contribution < -0.4 is 0 Å². The summed E-state index contributed by atoms with van der Waals surface area (Å²) in [6.07, 6.45) is 4.41. The molecule has 29 heavy (non-hydrogen) atoms. The first-order valence-electron chi connectivity index (χ1n) is 10.8. The molecule has 3 aliphatic heterocycles. The van der Waals surface area contributed by atoms with Crippen LogP contribution in [0.2, 0.25) is 5.02 Å². The molecule has 0 bridgehead atoms. The number of hydrogen-bond donors (Lipinski definition) is 0. The number of halogens is 1. The van der Waals surface area contributed by atoms with Crippen molar-refractivity contribution in [2.24, 2.45) is 5.92 Å². The Morgan fingerprint density at radius 3 is 2.41 bits per heavy atom. The highest BCUT2D eigenvalue weighted by molar-refractivity contribution is 6.30. The number of piperazine rings is 1. The summed E-state index contributed by atoms with van der Waals surface area (Å²) in [6, 6.07) is 6.97. The van der Waals surface area contributed by atoms with Crippen molar-refractivity contribution in [3.05, 3.63) is 34.9 Å². The van der Waals surface area contributed by atoms with Crippen LogP contribution in [0.1, 0.15) is 36.0 Å².